The van der Waals surface area contributed by atoms with Gasteiger partial charge < -0.3 is 60.3 Å². The van der Waals surface area contributed by atoms with Gasteiger partial charge in [0.05, 0.1) is 69.3 Å². The molecule has 0 aliphatic carbocycles. The molecular formula is C45H74N4O12S. The Morgan fingerprint density at radius 2 is 1.81 bits per heavy atom. The molecule has 0 aromatic carbocycles. The maximum absolute atomic E-state index is 12.9. The number of urea groups is 1. The minimum absolute atomic E-state index is 0.0166. The predicted octanol–water partition coefficient (Wildman–Crippen LogP) is 4.06. The first kappa shape index (κ1) is 51.4. The number of fused-ring (bicyclic) bond motifs is 1. The molecule has 17 heteroatoms. The van der Waals surface area contributed by atoms with Gasteiger partial charge in [0.25, 0.3) is 0 Å². The van der Waals surface area contributed by atoms with Crippen molar-refractivity contribution in [2.24, 2.45) is 17.8 Å². The Hall–Kier alpha value is -3.19. The zero-order valence-electron chi connectivity index (χ0n) is 37.6. The standard InChI is InChI=1S/C45H74N4O12S/c1-7-34(51)31(5)42-35(59-42)25-28(2)11-10-12-29(3)41-30(4)15-16-37(45(6,56)18-17-32(50)26-39(53)61-41)60-44(55)47-20-22-58-24-23-57-21-19-46-38(52)14-9-8-13-36-40-33(27-62-36)48-43(54)49-40/h10-12,15-16,28,30-37,40-42,50-51,56H,7-9,13-14,17-27H2,1-6H3,(H,46,52)(H,47,55)(H2,48,49,54)/b11-10+,16-15-,29-12+/t28?,30?,31?,32?,33-,34?,35?,36-,37?,40-,41?,42?,45?/m1/s1. The fourth-order valence-electron chi connectivity index (χ4n) is 8.12. The number of hydrogen-bond donors (Lipinski definition) is 7. The number of nitrogens with one attached hydrogen (secondary N) is 4. The highest BCUT2D eigenvalue weighted by molar-refractivity contribution is 8.00. The topological polar surface area (TPSA) is 227 Å². The number of cyclic esters (lactones) is 1. The molecule has 3 saturated heterocycles. The van der Waals surface area contributed by atoms with Crippen molar-refractivity contribution in [2.45, 2.75) is 159 Å². The van der Waals surface area contributed by atoms with Crippen molar-refractivity contribution in [1.29, 1.82) is 0 Å². The number of alkyl carbamates (subject to hydrolysis) is 1. The van der Waals surface area contributed by atoms with E-state index >= 15 is 0 Å². The summed E-state index contributed by atoms with van der Waals surface area (Å²) in [6, 6.07) is 0.306. The maximum Gasteiger partial charge on any atom is 0.407 e. The molecule has 3 fully saturated rings. The normalized spacial score (nSPS) is 32.3. The van der Waals surface area contributed by atoms with E-state index in [0.717, 1.165) is 37.0 Å². The van der Waals surface area contributed by atoms with Crippen LogP contribution in [0, 0.1) is 17.8 Å². The van der Waals surface area contributed by atoms with E-state index < -0.39 is 36.0 Å². The summed E-state index contributed by atoms with van der Waals surface area (Å²) in [6.45, 7) is 13.0. The molecule has 10 unspecified atom stereocenters. The van der Waals surface area contributed by atoms with Crippen LogP contribution >= 0.6 is 11.8 Å². The fourth-order valence-corrected chi connectivity index (χ4v) is 9.66. The van der Waals surface area contributed by atoms with Gasteiger partial charge in [0, 0.05) is 42.3 Å². The van der Waals surface area contributed by atoms with Crippen LogP contribution < -0.4 is 21.3 Å². The minimum Gasteiger partial charge on any atom is -0.457 e. The lowest BCUT2D eigenvalue weighted by molar-refractivity contribution is -0.151. The fraction of sp³-hybridized carbons (Fsp3) is 0.778. The second-order valence-electron chi connectivity index (χ2n) is 17.6. The van der Waals surface area contributed by atoms with Gasteiger partial charge in [-0.1, -0.05) is 58.4 Å². The first-order chi connectivity index (χ1) is 29.6. The Morgan fingerprint density at radius 3 is 2.53 bits per heavy atom. The molecule has 0 aromatic rings. The Labute approximate surface area is 372 Å². The largest absolute Gasteiger partial charge is 0.457 e. The number of amides is 4. The molecule has 13 atom stereocenters. The van der Waals surface area contributed by atoms with Gasteiger partial charge in [-0.05, 0) is 69.9 Å². The average molecular weight is 895 g/mol. The van der Waals surface area contributed by atoms with Gasteiger partial charge in [-0.3, -0.25) is 9.59 Å². The van der Waals surface area contributed by atoms with Gasteiger partial charge >= 0.3 is 18.1 Å². The molecule has 4 amide bonds. The molecule has 4 aliphatic heterocycles. The zero-order valence-corrected chi connectivity index (χ0v) is 38.4. The molecule has 62 heavy (non-hydrogen) atoms. The number of esters is 1. The molecule has 4 heterocycles. The van der Waals surface area contributed by atoms with Crippen molar-refractivity contribution in [3.05, 3.63) is 36.0 Å². The van der Waals surface area contributed by atoms with Gasteiger partial charge in [0.15, 0.2) is 6.10 Å². The Bertz CT molecular complexity index is 1530. The van der Waals surface area contributed by atoms with Crippen molar-refractivity contribution >= 4 is 35.8 Å². The summed E-state index contributed by atoms with van der Waals surface area (Å²) in [6.07, 6.45) is 10.1. The Kier molecular flexibility index (Phi) is 21.5. The van der Waals surface area contributed by atoms with E-state index in [-0.39, 0.29) is 99.1 Å². The van der Waals surface area contributed by atoms with Gasteiger partial charge in [-0.15, -0.1) is 0 Å². The Balaban J connectivity index is 1.13. The number of epoxide rings is 1. The van der Waals surface area contributed by atoms with E-state index in [1.807, 2.05) is 51.6 Å². The highest BCUT2D eigenvalue weighted by Gasteiger charge is 2.45. The number of carbonyl (C=O) groups excluding carboxylic acids is 4. The third-order valence-electron chi connectivity index (χ3n) is 12.1. The maximum atomic E-state index is 12.9. The van der Waals surface area contributed by atoms with E-state index in [4.69, 9.17) is 23.7 Å². The SMILES string of the molecule is CCC(O)C(C)C1OC1CC(C)/C=C/C=C(\C)C1OC(=O)CC(O)CCC(C)(O)C(OC(=O)NCCOCCOCCNC(=O)CCCC[C@H]2SC[C@H]3NC(=O)N[C@H]32)/C=C\C1C. The molecule has 0 saturated carbocycles. The monoisotopic (exact) mass is 895 g/mol. The van der Waals surface area contributed by atoms with E-state index in [2.05, 4.69) is 34.3 Å². The number of hydrogen-bond acceptors (Lipinski definition) is 13. The third kappa shape index (κ3) is 17.4. The van der Waals surface area contributed by atoms with Crippen LogP contribution in [-0.2, 0) is 33.3 Å². The van der Waals surface area contributed by atoms with Crippen LogP contribution in [0.15, 0.2) is 36.0 Å². The number of ether oxygens (including phenoxy) is 5. The molecule has 16 nitrogen and oxygen atoms in total. The zero-order chi connectivity index (χ0) is 45.2. The first-order valence-corrected chi connectivity index (χ1v) is 23.6. The van der Waals surface area contributed by atoms with Gasteiger partial charge in [0.2, 0.25) is 5.91 Å². The van der Waals surface area contributed by atoms with Crippen LogP contribution in [0.1, 0.15) is 99.3 Å². The van der Waals surface area contributed by atoms with Crippen LogP contribution in [0.4, 0.5) is 9.59 Å². The summed E-state index contributed by atoms with van der Waals surface area (Å²) in [5, 5.41) is 44.1. The summed E-state index contributed by atoms with van der Waals surface area (Å²) in [5.41, 5.74) is -0.770. The number of rotatable bonds is 23. The molecule has 7 N–H and O–H groups in total. The van der Waals surface area contributed by atoms with E-state index in [9.17, 15) is 34.5 Å². The van der Waals surface area contributed by atoms with Crippen molar-refractivity contribution in [1.82, 2.24) is 21.3 Å². The summed E-state index contributed by atoms with van der Waals surface area (Å²) in [5.74, 6) is 0.301. The number of thioether (sulfide) groups is 1. The van der Waals surface area contributed by atoms with Gasteiger partial charge in [0.1, 0.15) is 11.7 Å². The predicted molar refractivity (Wildman–Crippen MR) is 236 cm³/mol. The molecule has 0 bridgehead atoms. The summed E-state index contributed by atoms with van der Waals surface area (Å²) < 4.78 is 28.5. The lowest BCUT2D eigenvalue weighted by atomic mass is 9.88. The molecule has 0 spiro atoms. The Morgan fingerprint density at radius 1 is 1.08 bits per heavy atom. The third-order valence-corrected chi connectivity index (χ3v) is 13.6. The number of carbonyl (C=O) groups is 4. The highest BCUT2D eigenvalue weighted by Crippen LogP contribution is 2.37. The van der Waals surface area contributed by atoms with Crippen LogP contribution in [0.2, 0.25) is 0 Å². The lowest BCUT2D eigenvalue weighted by Gasteiger charge is -2.32. The molecule has 0 radical (unpaired) electrons. The van der Waals surface area contributed by atoms with Gasteiger partial charge in [-0.2, -0.15) is 11.8 Å². The summed E-state index contributed by atoms with van der Waals surface area (Å²) in [4.78, 5) is 49.5. The van der Waals surface area contributed by atoms with Crippen LogP contribution in [-0.4, -0.2) is 144 Å². The molecule has 0 aromatic heterocycles. The van der Waals surface area contributed by atoms with Crippen LogP contribution in [0.3, 0.4) is 0 Å². The first-order valence-electron chi connectivity index (χ1n) is 22.6. The second-order valence-corrected chi connectivity index (χ2v) is 18.9. The number of aliphatic hydroxyl groups excluding tert-OH is 2. The van der Waals surface area contributed by atoms with Gasteiger partial charge in [-0.25, -0.2) is 9.59 Å². The smallest absolute Gasteiger partial charge is 0.407 e. The lowest BCUT2D eigenvalue weighted by Crippen LogP contribution is -2.44. The summed E-state index contributed by atoms with van der Waals surface area (Å²) in [7, 11) is 0. The van der Waals surface area contributed by atoms with E-state index in [1.54, 1.807) is 12.2 Å². The van der Waals surface area contributed by atoms with Crippen molar-refractivity contribution in [3.8, 4) is 0 Å². The summed E-state index contributed by atoms with van der Waals surface area (Å²) >= 11 is 1.87. The van der Waals surface area contributed by atoms with E-state index in [1.165, 1.54) is 6.92 Å². The highest BCUT2D eigenvalue weighted by atomic mass is 32.2. The second kappa shape index (κ2) is 25.9. The molecular weight excluding hydrogens is 821 g/mol. The van der Waals surface area contributed by atoms with Crippen molar-refractivity contribution in [3.63, 3.8) is 0 Å². The van der Waals surface area contributed by atoms with Crippen molar-refractivity contribution < 1.29 is 58.2 Å². The number of aliphatic hydroxyl groups is 3. The molecule has 4 aliphatic rings. The van der Waals surface area contributed by atoms with Crippen molar-refractivity contribution in [2.75, 3.05) is 45.3 Å². The minimum atomic E-state index is -1.55. The van der Waals surface area contributed by atoms with Crippen LogP contribution in [0.5, 0.6) is 0 Å². The quantitative estimate of drug-likeness (QED) is 0.0192. The van der Waals surface area contributed by atoms with Crippen LogP contribution in [0.25, 0.3) is 0 Å². The molecule has 352 valence electrons. The number of unbranched alkanes of at least 4 members (excludes halogenated alkanes) is 1. The average Bonchev–Trinajstić information content (AvgIpc) is 3.74. The van der Waals surface area contributed by atoms with E-state index in [0.29, 0.717) is 37.9 Å². The molecule has 4 rings (SSSR count). The number of allylic oxidation sites excluding steroid dienone is 3.